The summed E-state index contributed by atoms with van der Waals surface area (Å²) in [7, 11) is 0. The Balaban J connectivity index is 1.84. The van der Waals surface area contributed by atoms with E-state index < -0.39 is 34.7 Å². The Morgan fingerprint density at radius 2 is 1.71 bits per heavy atom. The van der Waals surface area contributed by atoms with E-state index in [2.05, 4.69) is 5.32 Å². The topological polar surface area (TPSA) is 136 Å². The van der Waals surface area contributed by atoms with Crippen LogP contribution in [0.2, 0.25) is 0 Å². The van der Waals surface area contributed by atoms with Crippen molar-refractivity contribution in [3.05, 3.63) is 88.0 Å². The van der Waals surface area contributed by atoms with E-state index in [1.807, 2.05) is 36.4 Å². The standard InChI is InChI=1S/C25H24N2O7/c1-2-34-23(29)15-21(18-9-11-20(12-10-18)27(32)33)24(25(30)31)26-22(28)14-16-7-8-17-5-3-4-6-19(17)13-16/h3-13,21,24H,2,14-15H2,1H3,(H,26,28)(H,30,31)/t21-,24+/m0/s1. The minimum atomic E-state index is -1.45. The van der Waals surface area contributed by atoms with Crippen LogP contribution < -0.4 is 5.32 Å². The van der Waals surface area contributed by atoms with E-state index in [4.69, 9.17) is 4.74 Å². The zero-order chi connectivity index (χ0) is 24.7. The molecule has 0 spiro atoms. The van der Waals surface area contributed by atoms with Crippen molar-refractivity contribution in [2.75, 3.05) is 6.61 Å². The third-order valence-electron chi connectivity index (χ3n) is 5.39. The highest BCUT2D eigenvalue weighted by molar-refractivity contribution is 5.88. The van der Waals surface area contributed by atoms with Crippen molar-refractivity contribution in [2.45, 2.75) is 31.7 Å². The zero-order valence-corrected chi connectivity index (χ0v) is 18.5. The van der Waals surface area contributed by atoms with Gasteiger partial charge in [0.05, 0.1) is 24.4 Å². The predicted molar refractivity (Wildman–Crippen MR) is 124 cm³/mol. The first-order valence-electron chi connectivity index (χ1n) is 10.7. The second kappa shape index (κ2) is 11.0. The van der Waals surface area contributed by atoms with Crippen LogP contribution in [-0.4, -0.2) is 40.5 Å². The fourth-order valence-corrected chi connectivity index (χ4v) is 3.76. The van der Waals surface area contributed by atoms with Gasteiger partial charge in [0.2, 0.25) is 5.91 Å². The van der Waals surface area contributed by atoms with Crippen LogP contribution in [0, 0.1) is 10.1 Å². The number of hydrogen-bond donors (Lipinski definition) is 2. The number of esters is 1. The predicted octanol–water partition coefficient (Wildman–Crippen LogP) is 3.60. The second-order valence-corrected chi connectivity index (χ2v) is 7.71. The fraction of sp³-hybridized carbons (Fsp3) is 0.240. The van der Waals surface area contributed by atoms with Gasteiger partial charge in [-0.15, -0.1) is 0 Å². The third kappa shape index (κ3) is 6.16. The first kappa shape index (κ1) is 24.4. The van der Waals surface area contributed by atoms with Gasteiger partial charge >= 0.3 is 11.9 Å². The smallest absolute Gasteiger partial charge is 0.326 e. The van der Waals surface area contributed by atoms with Crippen molar-refractivity contribution in [3.63, 3.8) is 0 Å². The van der Waals surface area contributed by atoms with E-state index in [-0.39, 0.29) is 25.1 Å². The summed E-state index contributed by atoms with van der Waals surface area (Å²) >= 11 is 0. The molecule has 0 aliphatic heterocycles. The minimum Gasteiger partial charge on any atom is -0.480 e. The number of benzene rings is 3. The van der Waals surface area contributed by atoms with Gasteiger partial charge < -0.3 is 15.2 Å². The van der Waals surface area contributed by atoms with Crippen molar-refractivity contribution in [1.29, 1.82) is 0 Å². The van der Waals surface area contributed by atoms with Gasteiger partial charge in [-0.1, -0.05) is 54.6 Å². The average Bonchev–Trinajstić information content (AvgIpc) is 2.81. The molecule has 0 aliphatic carbocycles. The highest BCUT2D eigenvalue weighted by Gasteiger charge is 2.33. The molecule has 0 unspecified atom stereocenters. The molecular formula is C25H24N2O7. The van der Waals surface area contributed by atoms with E-state index in [0.717, 1.165) is 10.8 Å². The van der Waals surface area contributed by atoms with Gasteiger partial charge in [0.1, 0.15) is 6.04 Å². The van der Waals surface area contributed by atoms with Gasteiger partial charge in [0, 0.05) is 18.1 Å². The Bertz CT molecular complexity index is 1210. The van der Waals surface area contributed by atoms with E-state index in [9.17, 15) is 29.6 Å². The van der Waals surface area contributed by atoms with Crippen molar-refractivity contribution in [3.8, 4) is 0 Å². The highest BCUT2D eigenvalue weighted by atomic mass is 16.6. The summed E-state index contributed by atoms with van der Waals surface area (Å²) < 4.78 is 4.97. The maximum absolute atomic E-state index is 12.8. The van der Waals surface area contributed by atoms with E-state index in [1.54, 1.807) is 13.0 Å². The summed E-state index contributed by atoms with van der Waals surface area (Å²) in [4.78, 5) is 47.5. The van der Waals surface area contributed by atoms with Crippen molar-refractivity contribution < 1.29 is 29.2 Å². The zero-order valence-electron chi connectivity index (χ0n) is 18.5. The largest absolute Gasteiger partial charge is 0.480 e. The van der Waals surface area contributed by atoms with Crippen LogP contribution in [0.4, 0.5) is 5.69 Å². The van der Waals surface area contributed by atoms with Gasteiger partial charge in [-0.05, 0) is 28.8 Å². The Kier molecular flexibility index (Phi) is 7.92. The molecule has 0 saturated heterocycles. The quantitative estimate of drug-likeness (QED) is 0.266. The summed E-state index contributed by atoms with van der Waals surface area (Å²) in [5.41, 5.74) is 0.889. The molecule has 3 aromatic carbocycles. The number of aliphatic carboxylic acids is 1. The lowest BCUT2D eigenvalue weighted by Crippen LogP contribution is -2.46. The lowest BCUT2D eigenvalue weighted by atomic mass is 9.88. The molecule has 34 heavy (non-hydrogen) atoms. The molecule has 0 fully saturated rings. The van der Waals surface area contributed by atoms with Crippen LogP contribution in [0.15, 0.2) is 66.7 Å². The maximum Gasteiger partial charge on any atom is 0.326 e. The normalized spacial score (nSPS) is 12.5. The van der Waals surface area contributed by atoms with Crippen LogP contribution in [0.1, 0.15) is 30.4 Å². The number of hydrogen-bond acceptors (Lipinski definition) is 6. The molecule has 176 valence electrons. The summed E-state index contributed by atoms with van der Waals surface area (Å²) in [6.07, 6.45) is -0.375. The van der Waals surface area contributed by atoms with E-state index in [0.29, 0.717) is 11.1 Å². The maximum atomic E-state index is 12.8. The molecule has 2 atom stereocenters. The average molecular weight is 464 g/mol. The molecule has 0 radical (unpaired) electrons. The molecule has 2 N–H and O–H groups in total. The first-order valence-corrected chi connectivity index (χ1v) is 10.7. The van der Waals surface area contributed by atoms with Gasteiger partial charge in [-0.2, -0.15) is 0 Å². The number of fused-ring (bicyclic) bond motifs is 1. The number of nitrogens with one attached hydrogen (secondary N) is 1. The summed E-state index contributed by atoms with van der Waals surface area (Å²) in [5.74, 6) is -3.49. The fourth-order valence-electron chi connectivity index (χ4n) is 3.76. The molecule has 0 heterocycles. The Labute approximate surface area is 195 Å². The number of carboxylic acids is 1. The van der Waals surface area contributed by atoms with Crippen LogP contribution >= 0.6 is 0 Å². The number of nitro benzene ring substituents is 1. The summed E-state index contributed by atoms with van der Waals surface area (Å²) in [6, 6.07) is 17.0. The lowest BCUT2D eigenvalue weighted by molar-refractivity contribution is -0.384. The molecule has 0 bridgehead atoms. The molecule has 9 heteroatoms. The van der Waals surface area contributed by atoms with E-state index >= 15 is 0 Å². The highest BCUT2D eigenvalue weighted by Crippen LogP contribution is 2.27. The number of nitrogens with zero attached hydrogens (tertiary/aromatic N) is 1. The Morgan fingerprint density at radius 1 is 1.03 bits per heavy atom. The number of rotatable bonds is 10. The third-order valence-corrected chi connectivity index (χ3v) is 5.39. The number of nitro groups is 1. The number of carboxylic acid groups (broad SMARTS) is 1. The summed E-state index contributed by atoms with van der Waals surface area (Å²) in [6.45, 7) is 1.73. The molecule has 3 rings (SSSR count). The van der Waals surface area contributed by atoms with Gasteiger partial charge in [-0.25, -0.2) is 4.79 Å². The Morgan fingerprint density at radius 3 is 2.32 bits per heavy atom. The lowest BCUT2D eigenvalue weighted by Gasteiger charge is -2.25. The van der Waals surface area contributed by atoms with Crippen LogP contribution in [0.25, 0.3) is 10.8 Å². The number of ether oxygens (including phenoxy) is 1. The van der Waals surface area contributed by atoms with Crippen molar-refractivity contribution in [2.24, 2.45) is 0 Å². The molecular weight excluding hydrogens is 440 g/mol. The number of carbonyl (C=O) groups excluding carboxylic acids is 2. The summed E-state index contributed by atoms with van der Waals surface area (Å²) in [5, 5.41) is 25.3. The number of non-ortho nitro benzene ring substituents is 1. The van der Waals surface area contributed by atoms with E-state index in [1.165, 1.54) is 24.3 Å². The number of carbonyl (C=O) groups is 3. The van der Waals surface area contributed by atoms with Gasteiger partial charge in [-0.3, -0.25) is 19.7 Å². The van der Waals surface area contributed by atoms with Crippen LogP contribution in [-0.2, 0) is 25.5 Å². The Hall–Kier alpha value is -4.27. The second-order valence-electron chi connectivity index (χ2n) is 7.71. The van der Waals surface area contributed by atoms with Crippen molar-refractivity contribution >= 4 is 34.3 Å². The molecule has 1 amide bonds. The monoisotopic (exact) mass is 464 g/mol. The SMILES string of the molecule is CCOC(=O)C[C@@H](c1ccc([N+](=O)[O-])cc1)[C@@H](NC(=O)Cc1ccc2ccccc2c1)C(=O)O. The molecule has 0 aromatic heterocycles. The van der Waals surface area contributed by atoms with Gasteiger partial charge in [0.25, 0.3) is 5.69 Å². The van der Waals surface area contributed by atoms with Crippen LogP contribution in [0.5, 0.6) is 0 Å². The molecule has 0 aliphatic rings. The number of amides is 1. The van der Waals surface area contributed by atoms with Gasteiger partial charge in [0.15, 0.2) is 0 Å². The molecule has 9 nitrogen and oxygen atoms in total. The molecule has 3 aromatic rings. The first-order chi connectivity index (χ1) is 16.3. The van der Waals surface area contributed by atoms with Crippen LogP contribution in [0.3, 0.4) is 0 Å². The van der Waals surface area contributed by atoms with Crippen molar-refractivity contribution in [1.82, 2.24) is 5.32 Å². The molecule has 0 saturated carbocycles. The minimum absolute atomic E-state index is 0.0546.